The number of amides is 1. The summed E-state index contributed by atoms with van der Waals surface area (Å²) in [6.45, 7) is 3.99. The smallest absolute Gasteiger partial charge is 0.316 e. The van der Waals surface area contributed by atoms with E-state index in [-0.39, 0.29) is 30.3 Å². The van der Waals surface area contributed by atoms with Crippen molar-refractivity contribution < 1.29 is 19.0 Å². The third-order valence-corrected chi connectivity index (χ3v) is 5.55. The molecule has 7 heteroatoms. The lowest BCUT2D eigenvalue weighted by atomic mass is 9.84. The Morgan fingerprint density at radius 3 is 2.88 bits per heavy atom. The van der Waals surface area contributed by atoms with Gasteiger partial charge in [0.15, 0.2) is 0 Å². The quantitative estimate of drug-likeness (QED) is 0.797. The molecule has 26 heavy (non-hydrogen) atoms. The van der Waals surface area contributed by atoms with E-state index < -0.39 is 0 Å². The molecule has 0 N–H and O–H groups in total. The monoisotopic (exact) mass is 361 g/mol. The number of likely N-dealkylation sites (tertiary alicyclic amines) is 1. The maximum Gasteiger partial charge on any atom is 0.316 e. The minimum Gasteiger partial charge on any atom is -0.460 e. The van der Waals surface area contributed by atoms with E-state index in [1.807, 2.05) is 17.9 Å². The summed E-state index contributed by atoms with van der Waals surface area (Å²) in [5.74, 6) is 0.0659. The molecule has 3 heterocycles. The van der Waals surface area contributed by atoms with Crippen LogP contribution < -0.4 is 4.74 Å². The van der Waals surface area contributed by atoms with Gasteiger partial charge in [-0.1, -0.05) is 12.8 Å². The Hall–Kier alpha value is -1.73. The molecule has 3 aliphatic rings. The summed E-state index contributed by atoms with van der Waals surface area (Å²) in [6, 6.07) is 2.27. The predicted molar refractivity (Wildman–Crippen MR) is 93.9 cm³/mol. The molecule has 3 fully saturated rings. The van der Waals surface area contributed by atoms with Gasteiger partial charge in [-0.2, -0.15) is 0 Å². The molecule has 0 radical (unpaired) electrons. The maximum absolute atomic E-state index is 12.3. The van der Waals surface area contributed by atoms with Crippen molar-refractivity contribution in [2.75, 3.05) is 26.3 Å². The zero-order valence-electron chi connectivity index (χ0n) is 15.4. The molecule has 1 spiro atoms. The van der Waals surface area contributed by atoms with Crippen molar-refractivity contribution in [3.63, 3.8) is 0 Å². The number of rotatable bonds is 5. The second-order valence-corrected chi connectivity index (χ2v) is 7.71. The van der Waals surface area contributed by atoms with Crippen LogP contribution in [0.5, 0.6) is 6.01 Å². The lowest BCUT2D eigenvalue weighted by molar-refractivity contribution is -0.196. The highest BCUT2D eigenvalue weighted by Gasteiger charge is 2.50. The van der Waals surface area contributed by atoms with Crippen molar-refractivity contribution in [3.8, 4) is 6.01 Å². The van der Waals surface area contributed by atoms with Crippen LogP contribution in [-0.4, -0.2) is 64.9 Å². The summed E-state index contributed by atoms with van der Waals surface area (Å²) in [7, 11) is 0. The molecule has 2 aliphatic heterocycles. The van der Waals surface area contributed by atoms with Gasteiger partial charge in [-0.15, -0.1) is 0 Å². The van der Waals surface area contributed by atoms with Crippen molar-refractivity contribution in [1.82, 2.24) is 14.9 Å². The number of nitrogens with zero attached hydrogens (tertiary/aromatic N) is 3. The molecular weight excluding hydrogens is 334 g/mol. The second kappa shape index (κ2) is 7.48. The number of ether oxygens (including phenoxy) is 3. The Balaban J connectivity index is 1.25. The topological polar surface area (TPSA) is 73.8 Å². The van der Waals surface area contributed by atoms with Crippen LogP contribution >= 0.6 is 0 Å². The van der Waals surface area contributed by atoms with Crippen LogP contribution in [0.1, 0.15) is 44.2 Å². The van der Waals surface area contributed by atoms with Crippen LogP contribution in [0.3, 0.4) is 0 Å². The lowest BCUT2D eigenvalue weighted by Crippen LogP contribution is -2.68. The minimum absolute atomic E-state index is 0.0255. The van der Waals surface area contributed by atoms with Gasteiger partial charge >= 0.3 is 6.01 Å². The molecule has 1 amide bonds. The van der Waals surface area contributed by atoms with Gasteiger partial charge in [0.05, 0.1) is 25.8 Å². The fourth-order valence-electron chi connectivity index (χ4n) is 4.10. The fourth-order valence-corrected chi connectivity index (χ4v) is 4.10. The fraction of sp³-hybridized carbons (Fsp3) is 0.737. The van der Waals surface area contributed by atoms with Gasteiger partial charge in [0.25, 0.3) is 0 Å². The molecule has 1 saturated carbocycles. The zero-order chi connectivity index (χ0) is 18.0. The number of aryl methyl sites for hydroxylation is 1. The highest BCUT2D eigenvalue weighted by Crippen LogP contribution is 2.35. The molecule has 1 atom stereocenters. The van der Waals surface area contributed by atoms with Gasteiger partial charge in [-0.25, -0.2) is 9.97 Å². The first-order valence-corrected chi connectivity index (χ1v) is 9.62. The Morgan fingerprint density at radius 1 is 1.31 bits per heavy atom. The maximum atomic E-state index is 12.3. The zero-order valence-corrected chi connectivity index (χ0v) is 15.4. The highest BCUT2D eigenvalue weighted by atomic mass is 16.5. The van der Waals surface area contributed by atoms with E-state index in [1.54, 1.807) is 6.20 Å². The summed E-state index contributed by atoms with van der Waals surface area (Å²) in [4.78, 5) is 22.6. The molecule has 1 aromatic rings. The van der Waals surface area contributed by atoms with Crippen LogP contribution in [0.15, 0.2) is 12.3 Å². The normalized spacial score (nSPS) is 25.3. The third-order valence-electron chi connectivity index (χ3n) is 5.55. The van der Waals surface area contributed by atoms with Gasteiger partial charge < -0.3 is 19.1 Å². The van der Waals surface area contributed by atoms with E-state index in [0.29, 0.717) is 25.7 Å². The average Bonchev–Trinajstić information content (AvgIpc) is 3.11. The number of hydrogen-bond acceptors (Lipinski definition) is 6. The number of carbonyl (C=O) groups is 1. The molecule has 0 bridgehead atoms. The van der Waals surface area contributed by atoms with Gasteiger partial charge in [0.2, 0.25) is 5.91 Å². The SMILES string of the molecule is Cc1ccnc(O[C@H]2CCOC3(C2)CN(C(=O)COC2CCCC2)C3)n1. The minimum atomic E-state index is -0.282. The molecule has 0 aromatic carbocycles. The van der Waals surface area contributed by atoms with Crippen molar-refractivity contribution in [2.45, 2.75) is 63.3 Å². The predicted octanol–water partition coefficient (Wildman–Crippen LogP) is 1.88. The Morgan fingerprint density at radius 2 is 2.12 bits per heavy atom. The number of carbonyl (C=O) groups excluding carboxylic acids is 1. The highest BCUT2D eigenvalue weighted by molar-refractivity contribution is 5.78. The molecule has 4 rings (SSSR count). The lowest BCUT2D eigenvalue weighted by Gasteiger charge is -2.52. The van der Waals surface area contributed by atoms with E-state index in [2.05, 4.69) is 9.97 Å². The first kappa shape index (κ1) is 17.7. The Labute approximate surface area is 154 Å². The molecule has 7 nitrogen and oxygen atoms in total. The van der Waals surface area contributed by atoms with E-state index >= 15 is 0 Å². The van der Waals surface area contributed by atoms with Crippen LogP contribution in [-0.2, 0) is 14.3 Å². The van der Waals surface area contributed by atoms with E-state index in [9.17, 15) is 4.79 Å². The van der Waals surface area contributed by atoms with Crippen LogP contribution in [0.2, 0.25) is 0 Å². The first-order chi connectivity index (χ1) is 12.6. The van der Waals surface area contributed by atoms with Crippen LogP contribution in [0.25, 0.3) is 0 Å². The molecule has 1 aromatic heterocycles. The van der Waals surface area contributed by atoms with Gasteiger partial charge in [0, 0.05) is 24.7 Å². The first-order valence-electron chi connectivity index (χ1n) is 9.62. The van der Waals surface area contributed by atoms with Gasteiger partial charge in [-0.3, -0.25) is 4.79 Å². The Kier molecular flexibility index (Phi) is 5.09. The Bertz CT molecular complexity index is 641. The second-order valence-electron chi connectivity index (χ2n) is 7.71. The molecule has 142 valence electrons. The van der Waals surface area contributed by atoms with E-state index in [4.69, 9.17) is 14.2 Å². The summed E-state index contributed by atoms with van der Waals surface area (Å²) < 4.78 is 17.7. The van der Waals surface area contributed by atoms with Crippen molar-refractivity contribution in [2.24, 2.45) is 0 Å². The molecule has 0 unspecified atom stereocenters. The largest absolute Gasteiger partial charge is 0.460 e. The van der Waals surface area contributed by atoms with Crippen molar-refractivity contribution in [1.29, 1.82) is 0 Å². The standard InChI is InChI=1S/C19H27N3O4/c1-14-6-8-20-18(21-14)26-16-7-9-25-19(10-16)12-22(13-19)17(23)11-24-15-4-2-3-5-15/h6,8,15-16H,2-5,7,9-13H2,1H3/t16-/m0/s1. The molecule has 2 saturated heterocycles. The number of aromatic nitrogens is 2. The summed E-state index contributed by atoms with van der Waals surface area (Å²) in [6.07, 6.45) is 8.18. The third kappa shape index (κ3) is 3.99. The average molecular weight is 361 g/mol. The van der Waals surface area contributed by atoms with Gasteiger partial charge in [-0.05, 0) is 25.8 Å². The van der Waals surface area contributed by atoms with Gasteiger partial charge in [0.1, 0.15) is 18.3 Å². The molecule has 1 aliphatic carbocycles. The van der Waals surface area contributed by atoms with Crippen molar-refractivity contribution in [3.05, 3.63) is 18.0 Å². The summed E-state index contributed by atoms with van der Waals surface area (Å²) in [5.41, 5.74) is 0.606. The van der Waals surface area contributed by atoms with Crippen molar-refractivity contribution >= 4 is 5.91 Å². The van der Waals surface area contributed by atoms with E-state index in [0.717, 1.165) is 31.4 Å². The van der Waals surface area contributed by atoms with Crippen LogP contribution in [0.4, 0.5) is 0 Å². The van der Waals surface area contributed by atoms with E-state index in [1.165, 1.54) is 12.8 Å². The summed E-state index contributed by atoms with van der Waals surface area (Å²) >= 11 is 0. The van der Waals surface area contributed by atoms with Crippen LogP contribution in [0, 0.1) is 6.92 Å². The molecular formula is C19H27N3O4. The summed E-state index contributed by atoms with van der Waals surface area (Å²) in [5, 5.41) is 0. The number of hydrogen-bond donors (Lipinski definition) is 0.